The lowest BCUT2D eigenvalue weighted by Crippen LogP contribution is -2.39. The fourth-order valence-electron chi connectivity index (χ4n) is 3.34. The summed E-state index contributed by atoms with van der Waals surface area (Å²) in [4.78, 5) is 7.02. The molecule has 0 bridgehead atoms. The van der Waals surface area contributed by atoms with E-state index in [1.165, 1.54) is 25.9 Å². The van der Waals surface area contributed by atoms with Crippen molar-refractivity contribution in [3.05, 3.63) is 29.8 Å². The Labute approximate surface area is 184 Å². The van der Waals surface area contributed by atoms with Gasteiger partial charge in [0.1, 0.15) is 5.75 Å². The van der Waals surface area contributed by atoms with Gasteiger partial charge in [0, 0.05) is 18.7 Å². The number of nitrogens with one attached hydrogen (secondary N) is 2. The Balaban J connectivity index is 0.00000392. The number of para-hydroxylation sites is 1. The molecule has 0 amide bonds. The van der Waals surface area contributed by atoms with Crippen LogP contribution < -0.4 is 15.4 Å². The number of alkyl halides is 2. The maximum Gasteiger partial charge on any atom is 0.387 e. The van der Waals surface area contributed by atoms with Crippen LogP contribution in [0.2, 0.25) is 0 Å². The number of nitrogens with zero attached hydrogens (tertiary/aromatic N) is 2. The molecule has 0 radical (unpaired) electrons. The van der Waals surface area contributed by atoms with Crippen LogP contribution in [-0.4, -0.2) is 50.2 Å². The van der Waals surface area contributed by atoms with Crippen LogP contribution in [0, 0.1) is 5.92 Å². The summed E-state index contributed by atoms with van der Waals surface area (Å²) in [6.07, 6.45) is 3.62. The second-order valence-corrected chi connectivity index (χ2v) is 6.77. The molecule has 1 aliphatic rings. The molecule has 8 heteroatoms. The SMILES string of the molecule is CCNC(=NCc1ccccc1OC(F)F)NCCC1CCN(CC)CC1.I. The minimum atomic E-state index is -2.83. The number of ether oxygens (including phenoxy) is 1. The van der Waals surface area contributed by atoms with Gasteiger partial charge < -0.3 is 20.3 Å². The molecule has 28 heavy (non-hydrogen) atoms. The second kappa shape index (κ2) is 13.9. The van der Waals surface area contributed by atoms with Crippen molar-refractivity contribution >= 4 is 29.9 Å². The van der Waals surface area contributed by atoms with Crippen LogP contribution >= 0.6 is 24.0 Å². The van der Waals surface area contributed by atoms with E-state index in [1.807, 2.05) is 6.92 Å². The number of hydrogen-bond donors (Lipinski definition) is 2. The molecule has 0 aliphatic carbocycles. The molecule has 2 N–H and O–H groups in total. The zero-order chi connectivity index (χ0) is 19.5. The molecule has 1 aliphatic heterocycles. The normalized spacial score (nSPS) is 16.0. The van der Waals surface area contributed by atoms with Crippen molar-refractivity contribution < 1.29 is 13.5 Å². The highest BCUT2D eigenvalue weighted by Gasteiger charge is 2.17. The molecule has 0 atom stereocenters. The van der Waals surface area contributed by atoms with Crippen LogP contribution in [0.3, 0.4) is 0 Å². The molecule has 0 unspecified atom stereocenters. The summed E-state index contributed by atoms with van der Waals surface area (Å²) in [6, 6.07) is 6.77. The fraction of sp³-hybridized carbons (Fsp3) is 0.650. The van der Waals surface area contributed by atoms with Gasteiger partial charge in [0.15, 0.2) is 5.96 Å². The monoisotopic (exact) mass is 510 g/mol. The van der Waals surface area contributed by atoms with Gasteiger partial charge in [-0.25, -0.2) is 4.99 Å². The largest absolute Gasteiger partial charge is 0.434 e. The van der Waals surface area contributed by atoms with E-state index in [9.17, 15) is 8.78 Å². The van der Waals surface area contributed by atoms with Crippen molar-refractivity contribution in [2.24, 2.45) is 10.9 Å². The average Bonchev–Trinajstić information content (AvgIpc) is 2.67. The van der Waals surface area contributed by atoms with Gasteiger partial charge in [0.2, 0.25) is 0 Å². The first kappa shape index (κ1) is 24.9. The summed E-state index contributed by atoms with van der Waals surface area (Å²) in [7, 11) is 0. The molecule has 5 nitrogen and oxygen atoms in total. The van der Waals surface area contributed by atoms with Gasteiger partial charge in [-0.2, -0.15) is 8.78 Å². The van der Waals surface area contributed by atoms with Gasteiger partial charge in [-0.1, -0.05) is 25.1 Å². The molecule has 1 heterocycles. The van der Waals surface area contributed by atoms with Crippen LogP contribution in [0.25, 0.3) is 0 Å². The summed E-state index contributed by atoms with van der Waals surface area (Å²) < 4.78 is 29.6. The van der Waals surface area contributed by atoms with Crippen LogP contribution in [-0.2, 0) is 6.54 Å². The number of guanidine groups is 1. The molecular formula is C20H33F2IN4O. The average molecular weight is 510 g/mol. The Morgan fingerprint density at radius 3 is 2.57 bits per heavy atom. The minimum absolute atomic E-state index is 0. The molecule has 0 saturated carbocycles. The summed E-state index contributed by atoms with van der Waals surface area (Å²) in [5.41, 5.74) is 0.641. The lowest BCUT2D eigenvalue weighted by atomic mass is 9.93. The van der Waals surface area contributed by atoms with E-state index in [1.54, 1.807) is 24.3 Å². The van der Waals surface area contributed by atoms with E-state index >= 15 is 0 Å². The van der Waals surface area contributed by atoms with Gasteiger partial charge in [0.05, 0.1) is 6.54 Å². The van der Waals surface area contributed by atoms with Crippen molar-refractivity contribution in [2.45, 2.75) is 46.3 Å². The minimum Gasteiger partial charge on any atom is -0.434 e. The maximum atomic E-state index is 12.5. The van der Waals surface area contributed by atoms with Crippen LogP contribution in [0.1, 0.15) is 38.7 Å². The van der Waals surface area contributed by atoms with E-state index in [0.717, 1.165) is 32.0 Å². The quantitative estimate of drug-likeness (QED) is 0.299. The number of piperidine rings is 1. The van der Waals surface area contributed by atoms with Gasteiger partial charge in [-0.05, 0) is 57.8 Å². The molecule has 1 saturated heterocycles. The van der Waals surface area contributed by atoms with Gasteiger partial charge >= 0.3 is 6.61 Å². The second-order valence-electron chi connectivity index (χ2n) is 6.77. The van der Waals surface area contributed by atoms with Gasteiger partial charge in [-0.15, -0.1) is 24.0 Å². The molecule has 0 aromatic heterocycles. The first-order valence-electron chi connectivity index (χ1n) is 9.89. The third-order valence-corrected chi connectivity index (χ3v) is 4.94. The number of likely N-dealkylation sites (tertiary alicyclic amines) is 1. The number of rotatable bonds is 9. The summed E-state index contributed by atoms with van der Waals surface area (Å²) in [5.74, 6) is 1.63. The highest BCUT2D eigenvalue weighted by atomic mass is 127. The van der Waals surface area contributed by atoms with Gasteiger partial charge in [-0.3, -0.25) is 0 Å². The summed E-state index contributed by atoms with van der Waals surface area (Å²) in [5, 5.41) is 6.57. The molecule has 2 rings (SSSR count). The van der Waals surface area contributed by atoms with Gasteiger partial charge in [0.25, 0.3) is 0 Å². The molecule has 0 spiro atoms. The van der Waals surface area contributed by atoms with Crippen molar-refractivity contribution in [3.8, 4) is 5.75 Å². The zero-order valence-corrected chi connectivity index (χ0v) is 19.1. The summed E-state index contributed by atoms with van der Waals surface area (Å²) in [6.45, 7) is 6.80. The lowest BCUT2D eigenvalue weighted by Gasteiger charge is -2.31. The third-order valence-electron chi connectivity index (χ3n) is 4.94. The topological polar surface area (TPSA) is 48.9 Å². The zero-order valence-electron chi connectivity index (χ0n) is 16.8. The number of benzene rings is 1. The first-order chi connectivity index (χ1) is 13.1. The van der Waals surface area contributed by atoms with E-state index in [2.05, 4.69) is 32.2 Å². The van der Waals surface area contributed by atoms with E-state index < -0.39 is 6.61 Å². The standard InChI is InChI=1S/C20H32F2N4O.HI/c1-3-23-20(24-12-9-16-10-13-26(4-2)14-11-16)25-15-17-7-5-6-8-18(17)27-19(21)22;/h5-8,16,19H,3-4,9-15H2,1-2H3,(H2,23,24,25);1H. The van der Waals surface area contributed by atoms with E-state index in [-0.39, 0.29) is 36.3 Å². The highest BCUT2D eigenvalue weighted by Crippen LogP contribution is 2.21. The van der Waals surface area contributed by atoms with Crippen LogP contribution in [0.5, 0.6) is 5.75 Å². The van der Waals surface area contributed by atoms with Crippen LogP contribution in [0.15, 0.2) is 29.3 Å². The van der Waals surface area contributed by atoms with Crippen molar-refractivity contribution in [3.63, 3.8) is 0 Å². The molecule has 160 valence electrons. The van der Waals surface area contributed by atoms with Crippen molar-refractivity contribution in [1.29, 1.82) is 0 Å². The number of halogens is 3. The highest BCUT2D eigenvalue weighted by molar-refractivity contribution is 14.0. The van der Waals surface area contributed by atoms with E-state index in [4.69, 9.17) is 0 Å². The van der Waals surface area contributed by atoms with Crippen LogP contribution in [0.4, 0.5) is 8.78 Å². The number of aliphatic imine (C=N–C) groups is 1. The Kier molecular flexibility index (Phi) is 12.4. The molecule has 1 aromatic carbocycles. The Morgan fingerprint density at radius 2 is 1.93 bits per heavy atom. The lowest BCUT2D eigenvalue weighted by molar-refractivity contribution is -0.0504. The fourth-order valence-corrected chi connectivity index (χ4v) is 3.34. The Hall–Kier alpha value is -1.16. The predicted molar refractivity (Wildman–Crippen MR) is 121 cm³/mol. The Morgan fingerprint density at radius 1 is 1.21 bits per heavy atom. The first-order valence-corrected chi connectivity index (χ1v) is 9.89. The summed E-state index contributed by atoms with van der Waals surface area (Å²) >= 11 is 0. The Bertz CT molecular complexity index is 581. The third kappa shape index (κ3) is 8.89. The molecule has 1 fully saturated rings. The van der Waals surface area contributed by atoms with Crippen molar-refractivity contribution in [2.75, 3.05) is 32.7 Å². The predicted octanol–water partition coefficient (Wildman–Crippen LogP) is 4.08. The number of hydrogen-bond acceptors (Lipinski definition) is 3. The smallest absolute Gasteiger partial charge is 0.387 e. The van der Waals surface area contributed by atoms with E-state index in [0.29, 0.717) is 11.5 Å². The maximum absolute atomic E-state index is 12.5. The van der Waals surface area contributed by atoms with Crippen molar-refractivity contribution in [1.82, 2.24) is 15.5 Å². The molecule has 1 aromatic rings. The molecular weight excluding hydrogens is 477 g/mol.